The summed E-state index contributed by atoms with van der Waals surface area (Å²) in [4.78, 5) is 14.8. The van der Waals surface area contributed by atoms with E-state index in [-0.39, 0.29) is 0 Å². The Morgan fingerprint density at radius 1 is 1.06 bits per heavy atom. The summed E-state index contributed by atoms with van der Waals surface area (Å²) in [6, 6.07) is 17.8. The van der Waals surface area contributed by atoms with Gasteiger partial charge in [0, 0.05) is 49.0 Å². The van der Waals surface area contributed by atoms with Gasteiger partial charge in [0.15, 0.2) is 0 Å². The molecule has 1 amide bonds. The molecule has 7 heteroatoms. The zero-order chi connectivity index (χ0) is 21.4. The van der Waals surface area contributed by atoms with Crippen molar-refractivity contribution in [1.29, 1.82) is 0 Å². The number of amides is 1. The molecule has 7 nitrogen and oxygen atoms in total. The molecule has 1 unspecified atom stereocenters. The number of hydrogen-bond acceptors (Lipinski definition) is 5. The lowest BCUT2D eigenvalue weighted by molar-refractivity contribution is 0.0994. The molecule has 0 spiro atoms. The number of nitrogens with two attached hydrogens (primary N) is 2. The van der Waals surface area contributed by atoms with E-state index in [1.54, 1.807) is 0 Å². The predicted octanol–water partition coefficient (Wildman–Crippen LogP) is 2.67. The second-order valence-corrected chi connectivity index (χ2v) is 8.16. The molecule has 1 fully saturated rings. The van der Waals surface area contributed by atoms with Gasteiger partial charge in [-0.2, -0.15) is 0 Å². The minimum absolute atomic E-state index is 0.369. The topological polar surface area (TPSA) is 98.5 Å². The van der Waals surface area contributed by atoms with Crippen molar-refractivity contribution in [2.24, 2.45) is 5.73 Å². The van der Waals surface area contributed by atoms with E-state index in [0.717, 1.165) is 67.5 Å². The Balaban J connectivity index is 1.48. The number of fused-ring (bicyclic) bond motifs is 1. The average molecular weight is 418 g/mol. The van der Waals surface area contributed by atoms with Gasteiger partial charge >= 0.3 is 0 Å². The van der Waals surface area contributed by atoms with E-state index < -0.39 is 5.91 Å². The van der Waals surface area contributed by atoms with Crippen LogP contribution in [-0.2, 0) is 13.0 Å². The fraction of sp³-hybridized carbons (Fsp3) is 0.292. The zero-order valence-corrected chi connectivity index (χ0v) is 17.4. The molecule has 3 heterocycles. The molecule has 0 saturated carbocycles. The number of primary amides is 1. The number of aromatic nitrogens is 1. The van der Waals surface area contributed by atoms with E-state index in [9.17, 15) is 4.79 Å². The van der Waals surface area contributed by atoms with Gasteiger partial charge in [-0.05, 0) is 49.4 Å². The van der Waals surface area contributed by atoms with Crippen molar-refractivity contribution < 1.29 is 9.53 Å². The Bertz CT molecular complexity index is 1090. The van der Waals surface area contributed by atoms with E-state index in [1.807, 2.05) is 59.2 Å². The second kappa shape index (κ2) is 8.09. The molecule has 1 saturated heterocycles. The van der Waals surface area contributed by atoms with Crippen LogP contribution in [0.2, 0.25) is 0 Å². The van der Waals surface area contributed by atoms with Crippen molar-refractivity contribution in [2.75, 3.05) is 25.4 Å². The molecule has 2 aliphatic heterocycles. The number of para-hydroxylation sites is 1. The average Bonchev–Trinajstić information content (AvgIpc) is 3.42. The number of benzene rings is 2. The lowest BCUT2D eigenvalue weighted by atomic mass is 10.0. The van der Waals surface area contributed by atoms with Gasteiger partial charge < -0.3 is 26.1 Å². The molecular weight excluding hydrogens is 390 g/mol. The van der Waals surface area contributed by atoms with Crippen LogP contribution in [-0.4, -0.2) is 41.1 Å². The number of anilines is 1. The van der Waals surface area contributed by atoms with Crippen LogP contribution in [0.4, 0.5) is 5.69 Å². The predicted molar refractivity (Wildman–Crippen MR) is 121 cm³/mol. The lowest BCUT2D eigenvalue weighted by Crippen LogP contribution is -2.40. The summed E-state index contributed by atoms with van der Waals surface area (Å²) in [5, 5.41) is 3.43. The molecule has 31 heavy (non-hydrogen) atoms. The van der Waals surface area contributed by atoms with E-state index in [2.05, 4.69) is 10.2 Å². The van der Waals surface area contributed by atoms with Crippen molar-refractivity contribution in [1.82, 2.24) is 14.8 Å². The molecule has 2 aromatic carbocycles. The number of ether oxygens (including phenoxy) is 1. The Morgan fingerprint density at radius 2 is 1.81 bits per heavy atom. The lowest BCUT2D eigenvalue weighted by Gasteiger charge is -2.32. The summed E-state index contributed by atoms with van der Waals surface area (Å²) in [6.07, 6.45) is 1.97. The number of carbonyl (C=O) groups excluding carboxylic acids is 1. The summed E-state index contributed by atoms with van der Waals surface area (Å²) >= 11 is 0. The molecule has 1 atom stereocenters. The number of hydrogen-bond donors (Lipinski definition) is 3. The standard InChI is InChI=1S/C24H27N5O2/c25-22-20-15-28(17-10-12-27-14-17)13-11-21(20)29(23(22)24(26)30)16-6-8-19(9-7-16)31-18-4-2-1-3-5-18/h1-9,17,27H,10-15,25H2,(H2,26,30). The first-order chi connectivity index (χ1) is 15.1. The fourth-order valence-corrected chi connectivity index (χ4v) is 4.74. The van der Waals surface area contributed by atoms with Crippen LogP contribution in [0.5, 0.6) is 11.5 Å². The Labute approximate surface area is 181 Å². The SMILES string of the molecule is NC(=O)c1c(N)c2c(n1-c1ccc(Oc3ccccc3)cc1)CCN(C1CCNC1)C2. The summed E-state index contributed by atoms with van der Waals surface area (Å²) in [5.74, 6) is 0.993. The van der Waals surface area contributed by atoms with Crippen molar-refractivity contribution in [2.45, 2.75) is 25.4 Å². The van der Waals surface area contributed by atoms with Gasteiger partial charge in [-0.1, -0.05) is 18.2 Å². The van der Waals surface area contributed by atoms with Crippen molar-refractivity contribution >= 4 is 11.6 Å². The first-order valence-corrected chi connectivity index (χ1v) is 10.7. The van der Waals surface area contributed by atoms with E-state index in [1.165, 1.54) is 0 Å². The Morgan fingerprint density at radius 3 is 2.48 bits per heavy atom. The number of rotatable bonds is 5. The highest BCUT2D eigenvalue weighted by atomic mass is 16.5. The maximum absolute atomic E-state index is 12.4. The van der Waals surface area contributed by atoms with Crippen LogP contribution in [0.3, 0.4) is 0 Å². The quantitative estimate of drug-likeness (QED) is 0.593. The molecular formula is C24H27N5O2. The van der Waals surface area contributed by atoms with Crippen LogP contribution in [0.15, 0.2) is 54.6 Å². The van der Waals surface area contributed by atoms with Gasteiger partial charge in [-0.25, -0.2) is 0 Å². The van der Waals surface area contributed by atoms with Crippen LogP contribution in [0.1, 0.15) is 28.2 Å². The summed E-state index contributed by atoms with van der Waals surface area (Å²) < 4.78 is 7.83. The van der Waals surface area contributed by atoms with Crippen LogP contribution >= 0.6 is 0 Å². The van der Waals surface area contributed by atoms with E-state index in [0.29, 0.717) is 17.4 Å². The molecule has 5 rings (SSSR count). The monoisotopic (exact) mass is 417 g/mol. The van der Waals surface area contributed by atoms with E-state index in [4.69, 9.17) is 16.2 Å². The van der Waals surface area contributed by atoms with Crippen LogP contribution < -0.4 is 21.5 Å². The Hall–Kier alpha value is -3.29. The third kappa shape index (κ3) is 3.66. The molecule has 1 aromatic heterocycles. The second-order valence-electron chi connectivity index (χ2n) is 8.16. The minimum Gasteiger partial charge on any atom is -0.457 e. The number of nitrogens with zero attached hydrogens (tertiary/aromatic N) is 2. The number of carbonyl (C=O) groups is 1. The van der Waals surface area contributed by atoms with Gasteiger partial charge in [0.25, 0.3) is 5.91 Å². The molecule has 160 valence electrons. The smallest absolute Gasteiger partial charge is 0.267 e. The maximum Gasteiger partial charge on any atom is 0.267 e. The Kier molecular flexibility index (Phi) is 5.13. The molecule has 2 aliphatic rings. The third-order valence-corrected chi connectivity index (χ3v) is 6.28. The highest BCUT2D eigenvalue weighted by molar-refractivity contribution is 5.98. The maximum atomic E-state index is 12.4. The largest absolute Gasteiger partial charge is 0.457 e. The molecule has 0 radical (unpaired) electrons. The van der Waals surface area contributed by atoms with E-state index >= 15 is 0 Å². The van der Waals surface area contributed by atoms with Gasteiger partial charge in [-0.3, -0.25) is 9.69 Å². The van der Waals surface area contributed by atoms with Gasteiger partial charge in [-0.15, -0.1) is 0 Å². The first-order valence-electron chi connectivity index (χ1n) is 10.7. The van der Waals surface area contributed by atoms with Crippen molar-refractivity contribution in [3.05, 3.63) is 71.5 Å². The van der Waals surface area contributed by atoms with Crippen molar-refractivity contribution in [3.63, 3.8) is 0 Å². The third-order valence-electron chi connectivity index (χ3n) is 6.28. The molecule has 5 N–H and O–H groups in total. The molecule has 0 aliphatic carbocycles. The normalized spacial score (nSPS) is 18.6. The summed E-state index contributed by atoms with van der Waals surface area (Å²) in [7, 11) is 0. The first kappa shape index (κ1) is 19.7. The number of nitrogen functional groups attached to an aromatic ring is 1. The zero-order valence-electron chi connectivity index (χ0n) is 17.4. The van der Waals surface area contributed by atoms with Crippen molar-refractivity contribution in [3.8, 4) is 17.2 Å². The fourth-order valence-electron chi connectivity index (χ4n) is 4.74. The summed E-state index contributed by atoms with van der Waals surface area (Å²) in [6.45, 7) is 3.74. The minimum atomic E-state index is -0.509. The highest BCUT2D eigenvalue weighted by Crippen LogP contribution is 2.35. The highest BCUT2D eigenvalue weighted by Gasteiger charge is 2.32. The van der Waals surface area contributed by atoms with Crippen LogP contribution in [0.25, 0.3) is 5.69 Å². The molecule has 3 aromatic rings. The van der Waals surface area contributed by atoms with Crippen LogP contribution in [0, 0.1) is 0 Å². The van der Waals surface area contributed by atoms with Gasteiger partial charge in [0.1, 0.15) is 17.2 Å². The summed E-state index contributed by atoms with van der Waals surface area (Å²) in [5.41, 5.74) is 16.1. The van der Waals surface area contributed by atoms with Gasteiger partial charge in [0.2, 0.25) is 0 Å². The van der Waals surface area contributed by atoms with Gasteiger partial charge in [0.05, 0.1) is 5.69 Å². The number of nitrogens with one attached hydrogen (secondary N) is 1. The molecule has 0 bridgehead atoms.